The van der Waals surface area contributed by atoms with Crippen LogP contribution in [0.2, 0.25) is 0 Å². The fraction of sp³-hybridized carbons (Fsp3) is 0.714. The highest BCUT2D eigenvalue weighted by molar-refractivity contribution is 8.01. The summed E-state index contributed by atoms with van der Waals surface area (Å²) in [6.07, 6.45) is 2.25. The lowest BCUT2D eigenvalue weighted by Crippen LogP contribution is -2.37. The summed E-state index contributed by atoms with van der Waals surface area (Å²) in [6.45, 7) is 7.98. The minimum atomic E-state index is -3.43. The van der Waals surface area contributed by atoms with Crippen molar-refractivity contribution in [3.63, 3.8) is 0 Å². The number of rotatable bonds is 7. The first-order valence-electron chi connectivity index (χ1n) is 7.29. The summed E-state index contributed by atoms with van der Waals surface area (Å²) in [6, 6.07) is 0. The number of thiophene rings is 1. The summed E-state index contributed by atoms with van der Waals surface area (Å²) in [7, 11) is -3.43. The molecule has 1 atom stereocenters. The molecule has 120 valence electrons. The predicted molar refractivity (Wildman–Crippen MR) is 91.7 cm³/mol. The average Bonchev–Trinajstić information content (AvgIpc) is 3.02. The Morgan fingerprint density at radius 2 is 2.19 bits per heavy atom. The normalized spacial score (nSPS) is 22.8. The summed E-state index contributed by atoms with van der Waals surface area (Å²) < 4.78 is 28.2. The van der Waals surface area contributed by atoms with Gasteiger partial charge < -0.3 is 5.32 Å². The largest absolute Gasteiger partial charge is 0.312 e. The Bertz CT molecular complexity index is 575. The van der Waals surface area contributed by atoms with Gasteiger partial charge in [0.15, 0.2) is 0 Å². The van der Waals surface area contributed by atoms with Crippen LogP contribution in [-0.4, -0.2) is 32.0 Å². The standard InChI is InChI=1S/C14H24N2O2S3/c1-4-15-8-12-13(11(2)9-19-12)21(17,18)16-10-14(3)6-5-7-20-14/h9,15-16H,4-8,10H2,1-3H3. The molecule has 1 unspecified atom stereocenters. The number of nitrogens with one attached hydrogen (secondary N) is 2. The van der Waals surface area contributed by atoms with E-state index in [9.17, 15) is 8.42 Å². The molecule has 2 N–H and O–H groups in total. The quantitative estimate of drug-likeness (QED) is 0.795. The molecule has 2 rings (SSSR count). The van der Waals surface area contributed by atoms with Gasteiger partial charge in [-0.15, -0.1) is 11.3 Å². The monoisotopic (exact) mass is 348 g/mol. The molecule has 0 bridgehead atoms. The van der Waals surface area contributed by atoms with Gasteiger partial charge in [0.2, 0.25) is 10.0 Å². The molecule has 0 saturated carbocycles. The summed E-state index contributed by atoms with van der Waals surface area (Å²) in [5.41, 5.74) is 0.838. The molecule has 7 heteroatoms. The van der Waals surface area contributed by atoms with E-state index in [4.69, 9.17) is 0 Å². The van der Waals surface area contributed by atoms with Crippen molar-refractivity contribution in [2.45, 2.75) is 49.8 Å². The van der Waals surface area contributed by atoms with Crippen LogP contribution >= 0.6 is 23.1 Å². The highest BCUT2D eigenvalue weighted by atomic mass is 32.2. The molecule has 2 heterocycles. The van der Waals surface area contributed by atoms with Crippen LogP contribution in [0.3, 0.4) is 0 Å². The van der Waals surface area contributed by atoms with Gasteiger partial charge in [0.05, 0.1) is 0 Å². The van der Waals surface area contributed by atoms with E-state index in [-0.39, 0.29) is 4.75 Å². The van der Waals surface area contributed by atoms with Crippen LogP contribution in [0.5, 0.6) is 0 Å². The SMILES string of the molecule is CCNCc1scc(C)c1S(=O)(=O)NCC1(C)CCCS1. The van der Waals surface area contributed by atoms with E-state index in [1.165, 1.54) is 17.8 Å². The van der Waals surface area contributed by atoms with Crippen molar-refractivity contribution in [2.24, 2.45) is 0 Å². The Kier molecular flexibility index (Phi) is 5.76. The molecule has 1 aliphatic rings. The van der Waals surface area contributed by atoms with Gasteiger partial charge >= 0.3 is 0 Å². The number of thioether (sulfide) groups is 1. The fourth-order valence-corrected chi connectivity index (χ4v) is 6.79. The molecule has 1 fully saturated rings. The van der Waals surface area contributed by atoms with Crippen LogP contribution in [0, 0.1) is 6.92 Å². The first-order chi connectivity index (χ1) is 9.88. The van der Waals surface area contributed by atoms with Gasteiger partial charge in [-0.1, -0.05) is 6.92 Å². The highest BCUT2D eigenvalue weighted by Gasteiger charge is 2.32. The van der Waals surface area contributed by atoms with E-state index in [1.807, 2.05) is 31.0 Å². The van der Waals surface area contributed by atoms with Crippen LogP contribution in [0.1, 0.15) is 37.1 Å². The second-order valence-corrected chi connectivity index (χ2v) is 10.0. The first-order valence-corrected chi connectivity index (χ1v) is 10.6. The molecule has 0 aromatic carbocycles. The lowest BCUT2D eigenvalue weighted by atomic mass is 10.1. The van der Waals surface area contributed by atoms with Crippen molar-refractivity contribution in [2.75, 3.05) is 18.8 Å². The van der Waals surface area contributed by atoms with Gasteiger partial charge in [0.25, 0.3) is 0 Å². The summed E-state index contributed by atoms with van der Waals surface area (Å²) in [4.78, 5) is 1.37. The smallest absolute Gasteiger partial charge is 0.242 e. The third kappa shape index (κ3) is 4.22. The average molecular weight is 349 g/mol. The number of sulfonamides is 1. The van der Waals surface area contributed by atoms with Gasteiger partial charge in [-0.3, -0.25) is 0 Å². The maximum absolute atomic E-state index is 12.7. The third-order valence-electron chi connectivity index (χ3n) is 3.73. The van der Waals surface area contributed by atoms with Crippen LogP contribution in [0.4, 0.5) is 0 Å². The number of hydrogen-bond acceptors (Lipinski definition) is 5. The Labute approximate surface area is 136 Å². The second-order valence-electron chi connectivity index (χ2n) is 5.68. The minimum Gasteiger partial charge on any atom is -0.312 e. The van der Waals surface area contributed by atoms with Crippen molar-refractivity contribution in [1.29, 1.82) is 0 Å². The molecular formula is C14H24N2O2S3. The Balaban J connectivity index is 2.13. The van der Waals surface area contributed by atoms with E-state index in [0.29, 0.717) is 18.0 Å². The van der Waals surface area contributed by atoms with Crippen LogP contribution in [0.25, 0.3) is 0 Å². The molecule has 1 aromatic rings. The van der Waals surface area contributed by atoms with E-state index in [0.717, 1.165) is 29.2 Å². The van der Waals surface area contributed by atoms with Crippen LogP contribution in [0.15, 0.2) is 10.3 Å². The van der Waals surface area contributed by atoms with Crippen LogP contribution in [-0.2, 0) is 16.6 Å². The molecule has 0 amide bonds. The van der Waals surface area contributed by atoms with Gasteiger partial charge in [-0.05, 0) is 49.9 Å². The second kappa shape index (κ2) is 7.00. The van der Waals surface area contributed by atoms with Gasteiger partial charge in [0, 0.05) is 22.7 Å². The molecule has 0 aliphatic carbocycles. The minimum absolute atomic E-state index is 0.0405. The summed E-state index contributed by atoms with van der Waals surface area (Å²) in [5.74, 6) is 1.13. The molecule has 0 radical (unpaired) electrons. The van der Waals surface area contributed by atoms with Crippen molar-refractivity contribution in [3.05, 3.63) is 15.8 Å². The molecular weight excluding hydrogens is 324 g/mol. The predicted octanol–water partition coefficient (Wildman–Crippen LogP) is 2.73. The third-order valence-corrected chi connectivity index (χ3v) is 8.13. The van der Waals surface area contributed by atoms with Crippen molar-refractivity contribution >= 4 is 33.1 Å². The van der Waals surface area contributed by atoms with E-state index in [1.54, 1.807) is 0 Å². The zero-order valence-corrected chi connectivity index (χ0v) is 15.3. The Hall–Kier alpha value is -0.0800. The van der Waals surface area contributed by atoms with Gasteiger partial charge in [-0.2, -0.15) is 11.8 Å². The zero-order valence-electron chi connectivity index (χ0n) is 12.9. The maximum Gasteiger partial charge on any atom is 0.242 e. The van der Waals surface area contributed by atoms with Gasteiger partial charge in [-0.25, -0.2) is 13.1 Å². The highest BCUT2D eigenvalue weighted by Crippen LogP contribution is 2.37. The zero-order chi connectivity index (χ0) is 15.5. The van der Waals surface area contributed by atoms with Crippen molar-refractivity contribution in [3.8, 4) is 0 Å². The number of hydrogen-bond donors (Lipinski definition) is 2. The van der Waals surface area contributed by atoms with Crippen molar-refractivity contribution < 1.29 is 8.42 Å². The maximum atomic E-state index is 12.7. The molecule has 0 spiro atoms. The lowest BCUT2D eigenvalue weighted by Gasteiger charge is -2.23. The summed E-state index contributed by atoms with van der Waals surface area (Å²) in [5, 5.41) is 5.13. The molecule has 1 saturated heterocycles. The molecule has 1 aliphatic heterocycles. The molecule has 1 aromatic heterocycles. The molecule has 4 nitrogen and oxygen atoms in total. The topological polar surface area (TPSA) is 58.2 Å². The lowest BCUT2D eigenvalue weighted by molar-refractivity contribution is 0.551. The van der Waals surface area contributed by atoms with Gasteiger partial charge in [0.1, 0.15) is 4.90 Å². The summed E-state index contributed by atoms with van der Waals surface area (Å²) >= 11 is 3.38. The molecule has 21 heavy (non-hydrogen) atoms. The first kappa shape index (κ1) is 17.3. The van der Waals surface area contributed by atoms with E-state index >= 15 is 0 Å². The van der Waals surface area contributed by atoms with Crippen molar-refractivity contribution in [1.82, 2.24) is 10.0 Å². The fourth-order valence-electron chi connectivity index (χ4n) is 2.50. The Morgan fingerprint density at radius 3 is 2.81 bits per heavy atom. The van der Waals surface area contributed by atoms with E-state index in [2.05, 4.69) is 17.0 Å². The Morgan fingerprint density at radius 1 is 1.43 bits per heavy atom. The van der Waals surface area contributed by atoms with E-state index < -0.39 is 10.0 Å². The van der Waals surface area contributed by atoms with Crippen LogP contribution < -0.4 is 10.0 Å². The number of aryl methyl sites for hydroxylation is 1.